The van der Waals surface area contributed by atoms with Crippen LogP contribution in [0.2, 0.25) is 0 Å². The minimum absolute atomic E-state index is 0.220. The van der Waals surface area contributed by atoms with Gasteiger partial charge in [0.15, 0.2) is 0 Å². The molecule has 3 aromatic rings. The van der Waals surface area contributed by atoms with Crippen molar-refractivity contribution in [3.63, 3.8) is 0 Å². The van der Waals surface area contributed by atoms with Crippen molar-refractivity contribution in [3.05, 3.63) is 78.1 Å². The van der Waals surface area contributed by atoms with E-state index in [4.69, 9.17) is 0 Å². The van der Waals surface area contributed by atoms with E-state index in [1.165, 1.54) is 0 Å². The molecule has 0 unspecified atom stereocenters. The Morgan fingerprint density at radius 1 is 1.00 bits per heavy atom. The zero-order chi connectivity index (χ0) is 19.2. The molecule has 0 saturated heterocycles. The lowest BCUT2D eigenvalue weighted by Gasteiger charge is -2.14. The van der Waals surface area contributed by atoms with Gasteiger partial charge in [0, 0.05) is 43.0 Å². The minimum atomic E-state index is -0.220. The Kier molecular flexibility index (Phi) is 5.71. The van der Waals surface area contributed by atoms with Crippen molar-refractivity contribution in [2.75, 3.05) is 29.6 Å². The van der Waals surface area contributed by atoms with Gasteiger partial charge < -0.3 is 15.5 Å². The van der Waals surface area contributed by atoms with Crippen molar-refractivity contribution in [3.8, 4) is 0 Å². The molecule has 1 aromatic heterocycles. The van der Waals surface area contributed by atoms with E-state index >= 15 is 0 Å². The van der Waals surface area contributed by atoms with Crippen LogP contribution in [-0.2, 0) is 6.42 Å². The van der Waals surface area contributed by atoms with Crippen LogP contribution in [0.5, 0.6) is 0 Å². The Morgan fingerprint density at radius 2 is 1.74 bits per heavy atom. The number of aromatic nitrogens is 1. The average Bonchev–Trinajstić information content (AvgIpc) is 2.69. The fourth-order valence-corrected chi connectivity index (χ4v) is 2.78. The van der Waals surface area contributed by atoms with Gasteiger partial charge in [-0.25, -0.2) is 0 Å². The second-order valence-electron chi connectivity index (χ2n) is 6.46. The molecule has 0 spiro atoms. The highest BCUT2D eigenvalue weighted by atomic mass is 16.1. The number of nitrogens with one attached hydrogen (secondary N) is 2. The summed E-state index contributed by atoms with van der Waals surface area (Å²) in [5.41, 5.74) is 5.19. The summed E-state index contributed by atoms with van der Waals surface area (Å²) in [4.78, 5) is 18.9. The normalized spacial score (nSPS) is 10.3. The maximum Gasteiger partial charge on any atom is 0.274 e. The molecule has 138 valence electrons. The van der Waals surface area contributed by atoms with Crippen molar-refractivity contribution in [1.82, 2.24) is 4.98 Å². The Balaban J connectivity index is 1.73. The molecule has 2 aromatic carbocycles. The fraction of sp³-hybridized carbons (Fsp3) is 0.182. The smallest absolute Gasteiger partial charge is 0.274 e. The van der Waals surface area contributed by atoms with Gasteiger partial charge in [-0.2, -0.15) is 0 Å². The van der Waals surface area contributed by atoms with Gasteiger partial charge in [-0.1, -0.05) is 25.1 Å². The van der Waals surface area contributed by atoms with E-state index in [1.807, 2.05) is 73.6 Å². The number of aryl methyl sites for hydroxylation is 1. The lowest BCUT2D eigenvalue weighted by Crippen LogP contribution is -2.15. The molecule has 0 aliphatic carbocycles. The van der Waals surface area contributed by atoms with Crippen LogP contribution in [0.15, 0.2) is 66.9 Å². The van der Waals surface area contributed by atoms with Crippen LogP contribution < -0.4 is 15.5 Å². The van der Waals surface area contributed by atoms with Gasteiger partial charge in [0.1, 0.15) is 5.69 Å². The number of para-hydroxylation sites is 1. The Labute approximate surface area is 160 Å². The number of carbonyl (C=O) groups is 1. The third kappa shape index (κ3) is 4.64. The van der Waals surface area contributed by atoms with Crippen LogP contribution in [0.1, 0.15) is 23.0 Å². The monoisotopic (exact) mass is 360 g/mol. The van der Waals surface area contributed by atoms with Gasteiger partial charge in [0.2, 0.25) is 0 Å². The predicted molar refractivity (Wildman–Crippen MR) is 112 cm³/mol. The number of hydrogen-bond acceptors (Lipinski definition) is 4. The fourth-order valence-electron chi connectivity index (χ4n) is 2.78. The molecule has 5 nitrogen and oxygen atoms in total. The highest BCUT2D eigenvalue weighted by molar-refractivity contribution is 6.03. The summed E-state index contributed by atoms with van der Waals surface area (Å²) < 4.78 is 0. The highest BCUT2D eigenvalue weighted by Crippen LogP contribution is 2.21. The van der Waals surface area contributed by atoms with Gasteiger partial charge in [-0.3, -0.25) is 9.78 Å². The van der Waals surface area contributed by atoms with Gasteiger partial charge in [-0.05, 0) is 54.4 Å². The Bertz CT molecular complexity index is 920. The van der Waals surface area contributed by atoms with Gasteiger partial charge in [0.25, 0.3) is 5.91 Å². The first-order valence-corrected chi connectivity index (χ1v) is 8.96. The molecule has 3 rings (SSSR count). The molecule has 1 heterocycles. The Morgan fingerprint density at radius 3 is 2.44 bits per heavy atom. The number of pyridine rings is 1. The second-order valence-corrected chi connectivity index (χ2v) is 6.46. The summed E-state index contributed by atoms with van der Waals surface area (Å²) in [5.74, 6) is -0.220. The third-order valence-electron chi connectivity index (χ3n) is 4.31. The van der Waals surface area contributed by atoms with Gasteiger partial charge >= 0.3 is 0 Å². The first kappa shape index (κ1) is 18.5. The van der Waals surface area contributed by atoms with Crippen LogP contribution >= 0.6 is 0 Å². The molecule has 0 radical (unpaired) electrons. The summed E-state index contributed by atoms with van der Waals surface area (Å²) in [6.07, 6.45) is 2.49. The lowest BCUT2D eigenvalue weighted by molar-refractivity contribution is 0.102. The number of nitrogens with zero attached hydrogens (tertiary/aromatic N) is 2. The number of hydrogen-bond donors (Lipinski definition) is 2. The summed E-state index contributed by atoms with van der Waals surface area (Å²) in [6.45, 7) is 2.06. The molecule has 0 fully saturated rings. The van der Waals surface area contributed by atoms with Gasteiger partial charge in [0.05, 0.1) is 0 Å². The van der Waals surface area contributed by atoms with E-state index in [0.29, 0.717) is 5.69 Å². The van der Waals surface area contributed by atoms with Crippen molar-refractivity contribution in [1.29, 1.82) is 0 Å². The number of anilines is 4. The number of rotatable bonds is 6. The van der Waals surface area contributed by atoms with Crippen molar-refractivity contribution in [2.24, 2.45) is 0 Å². The lowest BCUT2D eigenvalue weighted by atomic mass is 10.1. The second kappa shape index (κ2) is 8.36. The molecule has 27 heavy (non-hydrogen) atoms. The zero-order valence-electron chi connectivity index (χ0n) is 15.9. The van der Waals surface area contributed by atoms with Crippen LogP contribution in [0.25, 0.3) is 0 Å². The summed E-state index contributed by atoms with van der Waals surface area (Å²) >= 11 is 0. The molecule has 0 atom stereocenters. The minimum Gasteiger partial charge on any atom is -0.378 e. The molecule has 1 amide bonds. The number of carbonyl (C=O) groups excluding carboxylic acids is 1. The maximum atomic E-state index is 12.6. The summed E-state index contributed by atoms with van der Waals surface area (Å²) in [5, 5.41) is 6.27. The van der Waals surface area contributed by atoms with Crippen LogP contribution in [-0.4, -0.2) is 25.0 Å². The first-order valence-electron chi connectivity index (χ1n) is 8.96. The molecule has 2 N–H and O–H groups in total. The average molecular weight is 360 g/mol. The van der Waals surface area contributed by atoms with Crippen molar-refractivity contribution in [2.45, 2.75) is 13.3 Å². The number of amides is 1. The maximum absolute atomic E-state index is 12.6. The van der Waals surface area contributed by atoms with E-state index < -0.39 is 0 Å². The standard InChI is InChI=1S/C22H24N4O/c1-4-16-7-5-6-8-20(16)25-22(27)21-15-18(13-14-23-21)24-17-9-11-19(12-10-17)26(2)3/h5-15H,4H2,1-3H3,(H,23,24)(H,25,27). The SMILES string of the molecule is CCc1ccccc1NC(=O)c1cc(Nc2ccc(N(C)C)cc2)ccn1. The van der Waals surface area contributed by atoms with Crippen LogP contribution in [0.3, 0.4) is 0 Å². The first-order chi connectivity index (χ1) is 13.1. The summed E-state index contributed by atoms with van der Waals surface area (Å²) in [6, 6.07) is 19.5. The molecule has 5 heteroatoms. The van der Waals surface area contributed by atoms with Crippen molar-refractivity contribution >= 4 is 28.7 Å². The molecule has 0 aliphatic rings. The van der Waals surface area contributed by atoms with E-state index in [9.17, 15) is 4.79 Å². The molecule has 0 bridgehead atoms. The predicted octanol–water partition coefficient (Wildman–Crippen LogP) is 4.71. The zero-order valence-corrected chi connectivity index (χ0v) is 15.9. The quantitative estimate of drug-likeness (QED) is 0.669. The molecule has 0 aliphatic heterocycles. The van der Waals surface area contributed by atoms with Crippen LogP contribution in [0, 0.1) is 0 Å². The largest absolute Gasteiger partial charge is 0.378 e. The van der Waals surface area contributed by atoms with E-state index in [0.717, 1.165) is 34.7 Å². The highest BCUT2D eigenvalue weighted by Gasteiger charge is 2.10. The van der Waals surface area contributed by atoms with Crippen molar-refractivity contribution < 1.29 is 4.79 Å². The van der Waals surface area contributed by atoms with E-state index in [1.54, 1.807) is 12.3 Å². The van der Waals surface area contributed by atoms with Crippen LogP contribution in [0.4, 0.5) is 22.7 Å². The molecular weight excluding hydrogens is 336 g/mol. The van der Waals surface area contributed by atoms with E-state index in [-0.39, 0.29) is 5.91 Å². The number of benzene rings is 2. The summed E-state index contributed by atoms with van der Waals surface area (Å²) in [7, 11) is 4.01. The topological polar surface area (TPSA) is 57.3 Å². The van der Waals surface area contributed by atoms with Gasteiger partial charge in [-0.15, -0.1) is 0 Å². The molecular formula is C22H24N4O. The third-order valence-corrected chi connectivity index (χ3v) is 4.31. The Hall–Kier alpha value is -3.34. The van der Waals surface area contributed by atoms with E-state index in [2.05, 4.69) is 22.5 Å². The molecule has 0 saturated carbocycles.